The van der Waals surface area contributed by atoms with E-state index in [4.69, 9.17) is 77.9 Å². The third kappa shape index (κ3) is 30.2. The Morgan fingerprint density at radius 2 is 0.894 bits per heavy atom. The summed E-state index contributed by atoms with van der Waals surface area (Å²) in [6.45, 7) is 37.8. The molecule has 0 bridgehead atoms. The summed E-state index contributed by atoms with van der Waals surface area (Å²) in [6, 6.07) is 15.3. The van der Waals surface area contributed by atoms with Crippen LogP contribution in [0.15, 0.2) is 67.0 Å². The molecular weight excluding hydrogens is 1840 g/mol. The molecule has 802 valence electrons. The third-order valence-electron chi connectivity index (χ3n) is 30.5. The number of nitrogens with one attached hydrogen (secondary N) is 4. The Morgan fingerprint density at radius 1 is 0.511 bits per heavy atom. The molecule has 12 N–H and O–H groups in total. The number of fused-ring (bicyclic) bond motifs is 2. The highest BCUT2D eigenvalue weighted by Crippen LogP contribution is 2.45. The first-order valence-electron chi connectivity index (χ1n) is 50.8. The normalized spacial score (nSPS) is 39.6. The standard InChI is InChI=1S/C52H86ClN5O13.C52H87N5O13/c1-15-40-52(10,64)45(60)33(6)58(13)28-29(2)25-50(8,63)47(31(4)43(32(5)48(62)69-40)70-42-26-51(9,65-14)46(61)34(7)68-42)71-49-44(39(57(11)12)23-30(3)67-49)66-22-16-20-55-41(59)27-56-37-19-21-54-38-24-35(53)17-18-36(37)38;1-15-40-52(10,63)45(59)34(6)57(13)29-30(2)26-50(8,62)47(32(4)43(33(5)48(61)68-40)69-42-27-51(9,64-14)46(60)35(7)67-42)70-49-44(39(56(11)12)25-31(3)66-49)65-24-18-22-54-41(58)28-55-38-21-23-53-37-20-17-16-19-36(37)38/h17-19,21,24,29-34,39-40,42-47,49,60-61,63-64H,15-16,20,22-23,25-28H2,1-14H3,(H,54,56)(H,55,59);16-17,19-21,23,30-35,39-40,42-47,49,59-60,62-63H,15,18,22,24-29H2,1-14H3,(H,53,55)(H,54,58)/t29-,30-,31+,32-,33-,34+,39+,40-,42+,43+,44-,45-,46+,47-,49+,50-,51-,52-;30-,31-,32+,33-,34-,35+,39+,40-,42+,43+,44-,45-,46+,47-,49+,50-,51-,52-/m11/s1. The van der Waals surface area contributed by atoms with Crippen LogP contribution in [-0.2, 0) is 85.5 Å². The van der Waals surface area contributed by atoms with Crippen LogP contribution in [0, 0.1) is 35.5 Å². The summed E-state index contributed by atoms with van der Waals surface area (Å²) in [7, 11) is 14.6. The van der Waals surface area contributed by atoms with Gasteiger partial charge >= 0.3 is 11.9 Å². The molecule has 6 fully saturated rings. The third-order valence-corrected chi connectivity index (χ3v) is 30.7. The molecule has 6 aliphatic rings. The number of cyclic esters (lactones) is 2. The van der Waals surface area contributed by atoms with Gasteiger partial charge in [-0.3, -0.25) is 29.1 Å². The minimum Gasteiger partial charge on any atom is -0.459 e. The number of rotatable bonds is 30. The van der Waals surface area contributed by atoms with Gasteiger partial charge in [0.1, 0.15) is 60.0 Å². The molecule has 0 aliphatic carbocycles. The topological polar surface area (TPSA) is 446 Å². The van der Waals surface area contributed by atoms with Gasteiger partial charge in [0.2, 0.25) is 11.8 Å². The molecule has 0 unspecified atom stereocenters. The number of aliphatic hydroxyl groups is 8. The number of amides is 2. The minimum atomic E-state index is -1.83. The van der Waals surface area contributed by atoms with E-state index in [-0.39, 0.29) is 113 Å². The van der Waals surface area contributed by atoms with Crippen molar-refractivity contribution in [3.05, 3.63) is 72.0 Å². The molecule has 2 amide bonds. The second-order valence-electron chi connectivity index (χ2n) is 43.0. The van der Waals surface area contributed by atoms with E-state index in [1.54, 1.807) is 93.8 Å². The molecule has 2 aromatic heterocycles. The lowest BCUT2D eigenvalue weighted by Gasteiger charge is -2.49. The van der Waals surface area contributed by atoms with Gasteiger partial charge < -0.3 is 148 Å². The van der Waals surface area contributed by atoms with Gasteiger partial charge in [-0.1, -0.05) is 71.3 Å². The Balaban J connectivity index is 0.000000315. The number of hydrogen-bond acceptors (Lipinski definition) is 34. The zero-order valence-corrected chi connectivity index (χ0v) is 89.6. The van der Waals surface area contributed by atoms with Gasteiger partial charge in [0.05, 0.1) is 107 Å². The van der Waals surface area contributed by atoms with Crippen LogP contribution in [0.3, 0.4) is 0 Å². The first-order valence-corrected chi connectivity index (χ1v) is 51.2. The van der Waals surface area contributed by atoms with E-state index in [9.17, 15) is 60.0 Å². The Bertz CT molecular complexity index is 4560. The zero-order valence-electron chi connectivity index (χ0n) is 88.9. The summed E-state index contributed by atoms with van der Waals surface area (Å²) in [4.78, 5) is 71.9. The number of benzene rings is 2. The Morgan fingerprint density at radius 3 is 1.28 bits per heavy atom. The number of methoxy groups -OCH3 is 2. The minimum absolute atomic E-state index is 0.0472. The van der Waals surface area contributed by atoms with Crippen molar-refractivity contribution in [2.24, 2.45) is 35.5 Å². The molecule has 141 heavy (non-hydrogen) atoms. The first-order chi connectivity index (χ1) is 66.1. The van der Waals surface area contributed by atoms with Crippen LogP contribution < -0.4 is 21.3 Å². The molecule has 0 spiro atoms. The van der Waals surface area contributed by atoms with Gasteiger partial charge in [-0.2, -0.15) is 0 Å². The summed E-state index contributed by atoms with van der Waals surface area (Å²) in [6.07, 6.45) is -11.5. The fourth-order valence-corrected chi connectivity index (χ4v) is 22.0. The second-order valence-corrected chi connectivity index (χ2v) is 43.5. The number of para-hydroxylation sites is 1. The summed E-state index contributed by atoms with van der Waals surface area (Å²) >= 11 is 6.16. The molecule has 10 rings (SSSR count). The van der Waals surface area contributed by atoms with E-state index in [1.807, 2.05) is 150 Å². The number of hydrogen-bond donors (Lipinski definition) is 12. The molecule has 0 saturated carbocycles. The van der Waals surface area contributed by atoms with E-state index in [1.165, 1.54) is 28.1 Å². The van der Waals surface area contributed by atoms with Crippen LogP contribution in [0.5, 0.6) is 0 Å². The van der Waals surface area contributed by atoms with Crippen LogP contribution in [-0.4, -0.2) is 384 Å². The molecule has 36 atom stereocenters. The quantitative estimate of drug-likeness (QED) is 0.0171. The maximum atomic E-state index is 14.6. The second kappa shape index (κ2) is 51.8. The highest BCUT2D eigenvalue weighted by molar-refractivity contribution is 6.31. The number of ether oxygens (including phenoxy) is 14. The molecule has 2 aromatic carbocycles. The number of aromatic nitrogens is 2. The number of anilines is 2. The van der Waals surface area contributed by atoms with E-state index in [2.05, 4.69) is 41.0 Å². The zero-order chi connectivity index (χ0) is 105. The number of aliphatic hydroxyl groups excluding tert-OH is 4. The number of esters is 2. The summed E-state index contributed by atoms with van der Waals surface area (Å²) in [5.74, 6) is -5.74. The lowest BCUT2D eigenvalue weighted by atomic mass is 9.77. The molecular formula is C104H173ClN10O26. The number of carbonyl (C=O) groups is 4. The Labute approximate surface area is 841 Å². The Kier molecular flexibility index (Phi) is 43.6. The highest BCUT2D eigenvalue weighted by atomic mass is 35.5. The van der Waals surface area contributed by atoms with Gasteiger partial charge in [0, 0.05) is 142 Å². The van der Waals surface area contributed by atoms with E-state index >= 15 is 0 Å². The van der Waals surface area contributed by atoms with Crippen LogP contribution >= 0.6 is 11.6 Å². The van der Waals surface area contributed by atoms with Gasteiger partial charge in [-0.25, -0.2) is 0 Å². The van der Waals surface area contributed by atoms with Crippen LogP contribution in [0.2, 0.25) is 5.02 Å². The van der Waals surface area contributed by atoms with Gasteiger partial charge in [-0.05, 0) is 239 Å². The lowest BCUT2D eigenvalue weighted by Crippen LogP contribution is -2.61. The predicted octanol–water partition coefficient (Wildman–Crippen LogP) is 8.84. The average molecular weight is 2020 g/mol. The predicted molar refractivity (Wildman–Crippen MR) is 537 cm³/mol. The van der Waals surface area contributed by atoms with Crippen molar-refractivity contribution in [2.75, 3.05) is 120 Å². The van der Waals surface area contributed by atoms with Gasteiger partial charge in [0.25, 0.3) is 0 Å². The number of nitrogens with zero attached hydrogens (tertiary/aromatic N) is 6. The van der Waals surface area contributed by atoms with Crippen molar-refractivity contribution in [2.45, 2.75) is 383 Å². The van der Waals surface area contributed by atoms with Crippen molar-refractivity contribution in [1.29, 1.82) is 0 Å². The van der Waals surface area contributed by atoms with E-state index in [0.29, 0.717) is 56.9 Å². The van der Waals surface area contributed by atoms with Crippen LogP contribution in [0.1, 0.15) is 203 Å². The fraction of sp³-hybridized carbons (Fsp3) is 0.788. The molecule has 6 saturated heterocycles. The van der Waals surface area contributed by atoms with Crippen molar-refractivity contribution >= 4 is 68.5 Å². The number of carbonyl (C=O) groups excluding carboxylic acids is 4. The first kappa shape index (κ1) is 119. The van der Waals surface area contributed by atoms with Crippen molar-refractivity contribution in [1.82, 2.24) is 40.2 Å². The van der Waals surface area contributed by atoms with Crippen LogP contribution in [0.25, 0.3) is 21.8 Å². The molecule has 0 radical (unpaired) electrons. The maximum absolute atomic E-state index is 14.6. The Hall–Kier alpha value is -5.93. The average Bonchev–Trinajstić information content (AvgIpc) is 1.74. The van der Waals surface area contributed by atoms with Crippen LogP contribution in [0.4, 0.5) is 11.4 Å². The lowest BCUT2D eigenvalue weighted by molar-refractivity contribution is -0.321. The number of halogens is 1. The summed E-state index contributed by atoms with van der Waals surface area (Å²) < 4.78 is 91.2. The smallest absolute Gasteiger partial charge is 0.311 e. The molecule has 36 nitrogen and oxygen atoms in total. The van der Waals surface area contributed by atoms with E-state index in [0.717, 1.165) is 33.2 Å². The maximum Gasteiger partial charge on any atom is 0.311 e. The molecule has 8 heterocycles. The molecule has 37 heteroatoms. The SMILES string of the molecule is CC[C@H]1OC(=O)[C@H](C)[C@@H](O[C@H]2C[C@@](C)(OC)[C@@H](O)[C@H](C)O2)[C@H](C)[C@@H](O[C@@H]2O[C@H](C)C[C@H](N(C)C)[C@H]2OCCCNC(=O)CNc2ccnc3cc(Cl)ccc23)[C@](C)(O)C[C@@H](C)CN(C)[C@H](C)[C@@H](O)[C@]1(C)O.CC[C@H]1OC(=O)[C@H](C)[C@@H](O[C@H]2C[C@@](C)(OC)[C@@H](O)[C@H](C)O2)[C@H](C)[C@@H](O[C@@H]2O[C@H](C)C[C@H](N(C)C)[C@H]2OCCCNC(=O)CNc2ccnc3ccccc23)[C@](C)(O)C[C@@H](C)CN(C)[C@H](C)[C@@H](O)[C@]1(C)O. The molecule has 6 aliphatic heterocycles. The number of likely N-dealkylation sites (N-methyl/N-ethyl adjacent to an activating group) is 4. The highest BCUT2D eigenvalue weighted by Gasteiger charge is 2.57. The summed E-state index contributed by atoms with van der Waals surface area (Å²) in [5.41, 5.74) is -5.82. The van der Waals surface area contributed by atoms with Crippen molar-refractivity contribution in [3.63, 3.8) is 0 Å². The fourth-order valence-electron chi connectivity index (χ4n) is 21.8. The monoisotopic (exact) mass is 2010 g/mol. The summed E-state index contributed by atoms with van der Waals surface area (Å²) in [5, 5.41) is 110. The van der Waals surface area contributed by atoms with Crippen molar-refractivity contribution in [3.8, 4) is 0 Å². The van der Waals surface area contributed by atoms with Crippen molar-refractivity contribution < 1.29 is 126 Å². The molecule has 4 aromatic rings. The largest absolute Gasteiger partial charge is 0.459 e. The van der Waals surface area contributed by atoms with Gasteiger partial charge in [0.15, 0.2) is 25.2 Å². The van der Waals surface area contributed by atoms with E-state index < -0.39 is 192 Å². The van der Waals surface area contributed by atoms with Gasteiger partial charge in [-0.15, -0.1) is 0 Å². The number of pyridine rings is 2.